The standard InChI is InChI=1S/C24H34N4O2.HI/c1-6-18(3)23(29)28-21-9-7-8-19(15-21)16-27-24(25-4)26-13-12-20-14-17(2)10-11-22(20)30-5;/h7-11,14-15,18H,6,12-13,16H2,1-5H3,(H,28,29)(H2,25,26,27);1H. The van der Waals surface area contributed by atoms with Crippen LogP contribution in [0.25, 0.3) is 0 Å². The number of aryl methyl sites for hydroxylation is 1. The number of methoxy groups -OCH3 is 1. The number of aliphatic imine (C=N–C) groups is 1. The van der Waals surface area contributed by atoms with Crippen molar-refractivity contribution in [3.8, 4) is 5.75 Å². The maximum Gasteiger partial charge on any atom is 0.227 e. The van der Waals surface area contributed by atoms with Gasteiger partial charge in [0.25, 0.3) is 0 Å². The second-order valence-electron chi connectivity index (χ2n) is 7.42. The van der Waals surface area contributed by atoms with Crippen molar-refractivity contribution in [3.63, 3.8) is 0 Å². The molecule has 0 aliphatic rings. The van der Waals surface area contributed by atoms with Gasteiger partial charge in [-0.3, -0.25) is 9.79 Å². The number of nitrogens with one attached hydrogen (secondary N) is 3. The quantitative estimate of drug-likeness (QED) is 0.250. The molecule has 0 saturated carbocycles. The Labute approximate surface area is 203 Å². The van der Waals surface area contributed by atoms with E-state index in [-0.39, 0.29) is 35.8 Å². The predicted molar refractivity (Wildman–Crippen MR) is 140 cm³/mol. The average Bonchev–Trinajstić information content (AvgIpc) is 2.75. The van der Waals surface area contributed by atoms with E-state index in [2.05, 4.69) is 40.0 Å². The minimum absolute atomic E-state index is 0. The molecule has 1 atom stereocenters. The van der Waals surface area contributed by atoms with Crippen LogP contribution in [0, 0.1) is 12.8 Å². The van der Waals surface area contributed by atoms with E-state index in [0.717, 1.165) is 42.3 Å². The summed E-state index contributed by atoms with van der Waals surface area (Å²) in [6, 6.07) is 14.1. The molecule has 0 fully saturated rings. The van der Waals surface area contributed by atoms with Crippen LogP contribution in [0.2, 0.25) is 0 Å². The molecule has 0 aliphatic carbocycles. The number of halogens is 1. The van der Waals surface area contributed by atoms with E-state index in [0.29, 0.717) is 6.54 Å². The third-order valence-electron chi connectivity index (χ3n) is 5.06. The lowest BCUT2D eigenvalue weighted by molar-refractivity contribution is -0.119. The van der Waals surface area contributed by atoms with E-state index >= 15 is 0 Å². The van der Waals surface area contributed by atoms with Crippen LogP contribution < -0.4 is 20.7 Å². The molecule has 0 radical (unpaired) electrons. The lowest BCUT2D eigenvalue weighted by Gasteiger charge is -2.14. The Hall–Kier alpha value is -2.29. The monoisotopic (exact) mass is 538 g/mol. The smallest absolute Gasteiger partial charge is 0.227 e. The van der Waals surface area contributed by atoms with E-state index in [1.807, 2.05) is 44.2 Å². The van der Waals surface area contributed by atoms with Gasteiger partial charge in [-0.25, -0.2) is 0 Å². The van der Waals surface area contributed by atoms with Gasteiger partial charge in [-0.1, -0.05) is 43.7 Å². The molecule has 2 rings (SSSR count). The Bertz CT molecular complexity index is 870. The number of rotatable bonds is 9. The SMILES string of the molecule is CCC(C)C(=O)Nc1cccc(CNC(=NC)NCCc2cc(C)ccc2OC)c1.I. The molecule has 1 amide bonds. The highest BCUT2D eigenvalue weighted by Crippen LogP contribution is 2.19. The van der Waals surface area contributed by atoms with E-state index in [9.17, 15) is 4.79 Å². The zero-order valence-electron chi connectivity index (χ0n) is 19.1. The summed E-state index contributed by atoms with van der Waals surface area (Å²) in [6.07, 6.45) is 1.66. The highest BCUT2D eigenvalue weighted by atomic mass is 127. The number of carbonyl (C=O) groups is 1. The van der Waals surface area contributed by atoms with Gasteiger partial charge in [0.1, 0.15) is 5.75 Å². The number of benzene rings is 2. The third kappa shape index (κ3) is 8.77. The van der Waals surface area contributed by atoms with Crippen molar-refractivity contribution in [1.29, 1.82) is 0 Å². The molecule has 0 spiro atoms. The lowest BCUT2D eigenvalue weighted by atomic mass is 10.1. The van der Waals surface area contributed by atoms with Crippen LogP contribution in [0.4, 0.5) is 5.69 Å². The summed E-state index contributed by atoms with van der Waals surface area (Å²) in [5, 5.41) is 9.64. The van der Waals surface area contributed by atoms with Crippen molar-refractivity contribution in [1.82, 2.24) is 10.6 Å². The molecule has 2 aromatic carbocycles. The summed E-state index contributed by atoms with van der Waals surface area (Å²) in [5.41, 5.74) is 4.27. The summed E-state index contributed by atoms with van der Waals surface area (Å²) >= 11 is 0. The topological polar surface area (TPSA) is 74.8 Å². The molecular formula is C24H35IN4O2. The molecule has 7 heteroatoms. The first-order valence-electron chi connectivity index (χ1n) is 10.4. The minimum Gasteiger partial charge on any atom is -0.496 e. The first kappa shape index (κ1) is 26.7. The van der Waals surface area contributed by atoms with Crippen molar-refractivity contribution in [2.75, 3.05) is 26.0 Å². The fraction of sp³-hybridized carbons (Fsp3) is 0.417. The number of anilines is 1. The van der Waals surface area contributed by atoms with Gasteiger partial charge in [0.05, 0.1) is 7.11 Å². The van der Waals surface area contributed by atoms with Gasteiger partial charge < -0.3 is 20.7 Å². The van der Waals surface area contributed by atoms with Crippen LogP contribution in [-0.2, 0) is 17.8 Å². The van der Waals surface area contributed by atoms with Gasteiger partial charge in [-0.15, -0.1) is 24.0 Å². The van der Waals surface area contributed by atoms with Gasteiger partial charge in [0.15, 0.2) is 5.96 Å². The molecule has 3 N–H and O–H groups in total. The lowest BCUT2D eigenvalue weighted by Crippen LogP contribution is -2.37. The molecule has 170 valence electrons. The number of hydrogen-bond donors (Lipinski definition) is 3. The Balaban J connectivity index is 0.00000480. The number of carbonyl (C=O) groups excluding carboxylic acids is 1. The minimum atomic E-state index is 0. The second-order valence-corrected chi connectivity index (χ2v) is 7.42. The number of guanidine groups is 1. The highest BCUT2D eigenvalue weighted by Gasteiger charge is 2.10. The maximum atomic E-state index is 12.1. The molecule has 0 bridgehead atoms. The van der Waals surface area contributed by atoms with Crippen molar-refractivity contribution in [2.24, 2.45) is 10.9 Å². The first-order chi connectivity index (χ1) is 14.5. The van der Waals surface area contributed by atoms with Crippen LogP contribution in [-0.4, -0.2) is 32.6 Å². The molecule has 0 aliphatic heterocycles. The molecule has 2 aromatic rings. The number of amides is 1. The Morgan fingerprint density at radius 1 is 1.16 bits per heavy atom. The number of hydrogen-bond acceptors (Lipinski definition) is 3. The zero-order chi connectivity index (χ0) is 21.9. The predicted octanol–water partition coefficient (Wildman–Crippen LogP) is 4.51. The zero-order valence-corrected chi connectivity index (χ0v) is 21.4. The molecule has 1 unspecified atom stereocenters. The van der Waals surface area contributed by atoms with E-state index in [1.54, 1.807) is 14.2 Å². The highest BCUT2D eigenvalue weighted by molar-refractivity contribution is 14.0. The van der Waals surface area contributed by atoms with Crippen molar-refractivity contribution in [2.45, 2.75) is 40.2 Å². The summed E-state index contributed by atoms with van der Waals surface area (Å²) in [4.78, 5) is 16.4. The number of nitrogens with zero attached hydrogens (tertiary/aromatic N) is 1. The summed E-state index contributed by atoms with van der Waals surface area (Å²) in [6.45, 7) is 7.38. The normalized spacial score (nSPS) is 11.8. The Morgan fingerprint density at radius 3 is 2.61 bits per heavy atom. The van der Waals surface area contributed by atoms with Crippen LogP contribution in [0.1, 0.15) is 37.0 Å². The fourth-order valence-electron chi connectivity index (χ4n) is 3.03. The van der Waals surface area contributed by atoms with Crippen LogP contribution in [0.15, 0.2) is 47.5 Å². The van der Waals surface area contributed by atoms with Gasteiger partial charge >= 0.3 is 0 Å². The van der Waals surface area contributed by atoms with E-state index in [1.165, 1.54) is 11.1 Å². The van der Waals surface area contributed by atoms with Gasteiger partial charge in [-0.2, -0.15) is 0 Å². The third-order valence-corrected chi connectivity index (χ3v) is 5.06. The van der Waals surface area contributed by atoms with Crippen LogP contribution >= 0.6 is 24.0 Å². The maximum absolute atomic E-state index is 12.1. The Morgan fingerprint density at radius 2 is 1.94 bits per heavy atom. The van der Waals surface area contributed by atoms with Crippen LogP contribution in [0.3, 0.4) is 0 Å². The second kappa shape index (κ2) is 13.9. The van der Waals surface area contributed by atoms with E-state index in [4.69, 9.17) is 4.74 Å². The molecule has 6 nitrogen and oxygen atoms in total. The largest absolute Gasteiger partial charge is 0.496 e. The van der Waals surface area contributed by atoms with Crippen molar-refractivity contribution < 1.29 is 9.53 Å². The molecule has 0 saturated heterocycles. The average molecular weight is 538 g/mol. The van der Waals surface area contributed by atoms with Crippen molar-refractivity contribution in [3.05, 3.63) is 59.2 Å². The van der Waals surface area contributed by atoms with Gasteiger partial charge in [0, 0.05) is 31.7 Å². The molecule has 0 heterocycles. The van der Waals surface area contributed by atoms with Gasteiger partial charge in [-0.05, 0) is 49.1 Å². The van der Waals surface area contributed by atoms with Crippen molar-refractivity contribution >= 4 is 41.5 Å². The summed E-state index contributed by atoms with van der Waals surface area (Å²) in [5.74, 6) is 1.69. The van der Waals surface area contributed by atoms with Crippen LogP contribution in [0.5, 0.6) is 5.75 Å². The number of ether oxygens (including phenoxy) is 1. The molecular weight excluding hydrogens is 503 g/mol. The summed E-state index contributed by atoms with van der Waals surface area (Å²) in [7, 11) is 3.45. The Kier molecular flexibility index (Phi) is 12.0. The summed E-state index contributed by atoms with van der Waals surface area (Å²) < 4.78 is 5.45. The molecule has 0 aromatic heterocycles. The van der Waals surface area contributed by atoms with Gasteiger partial charge in [0.2, 0.25) is 5.91 Å². The van der Waals surface area contributed by atoms with E-state index < -0.39 is 0 Å². The molecule has 31 heavy (non-hydrogen) atoms. The first-order valence-corrected chi connectivity index (χ1v) is 10.4. The fourth-order valence-corrected chi connectivity index (χ4v) is 3.03.